The van der Waals surface area contributed by atoms with Gasteiger partial charge in [0, 0.05) is 12.6 Å². The third-order valence-corrected chi connectivity index (χ3v) is 1.49. The van der Waals surface area contributed by atoms with Gasteiger partial charge in [-0.05, 0) is 13.0 Å². The van der Waals surface area contributed by atoms with Gasteiger partial charge in [-0.2, -0.15) is 0 Å². The van der Waals surface area contributed by atoms with E-state index in [0.29, 0.717) is 0 Å². The van der Waals surface area contributed by atoms with Gasteiger partial charge in [-0.1, -0.05) is 0 Å². The van der Waals surface area contributed by atoms with Crippen LogP contribution in [0.3, 0.4) is 0 Å². The number of hydrogen-bond donors (Lipinski definition) is 3. The van der Waals surface area contributed by atoms with Crippen LogP contribution in [0.4, 0.5) is 0 Å². The van der Waals surface area contributed by atoms with Crippen molar-refractivity contribution in [2.24, 2.45) is 5.73 Å². The zero-order valence-corrected chi connectivity index (χ0v) is 4.80. The molecule has 0 saturated carbocycles. The summed E-state index contributed by atoms with van der Waals surface area (Å²) in [7, 11) is 0. The average Bonchev–Trinajstić information content (AvgIpc) is 1.77. The number of nitrogens with one attached hydrogen (secondary N) is 1. The number of aliphatic hydroxyl groups excluding tert-OH is 1. The SMILES string of the molecule is N[C@H]1CNCC[C@H]1O. The Bertz CT molecular complexity index is 66.8. The molecule has 1 rings (SSSR count). The van der Waals surface area contributed by atoms with Crippen molar-refractivity contribution in [3.63, 3.8) is 0 Å². The number of nitrogens with two attached hydrogens (primary N) is 1. The summed E-state index contributed by atoms with van der Waals surface area (Å²) in [6.07, 6.45) is 0.512. The topological polar surface area (TPSA) is 58.3 Å². The Morgan fingerprint density at radius 1 is 1.62 bits per heavy atom. The normalized spacial score (nSPS) is 39.8. The van der Waals surface area contributed by atoms with Gasteiger partial charge < -0.3 is 16.2 Å². The molecule has 0 bridgehead atoms. The maximum atomic E-state index is 9.01. The van der Waals surface area contributed by atoms with E-state index < -0.39 is 0 Å². The predicted molar refractivity (Wildman–Crippen MR) is 31.5 cm³/mol. The highest BCUT2D eigenvalue weighted by Crippen LogP contribution is 1.98. The predicted octanol–water partition coefficient (Wildman–Crippen LogP) is -1.33. The Kier molecular flexibility index (Phi) is 1.83. The number of aliphatic hydroxyl groups is 1. The molecular weight excluding hydrogens is 104 g/mol. The van der Waals surface area contributed by atoms with Gasteiger partial charge in [0.05, 0.1) is 6.10 Å². The van der Waals surface area contributed by atoms with Crippen LogP contribution in [0.25, 0.3) is 0 Å². The van der Waals surface area contributed by atoms with Crippen LogP contribution in [0.5, 0.6) is 0 Å². The van der Waals surface area contributed by atoms with E-state index in [1.54, 1.807) is 0 Å². The van der Waals surface area contributed by atoms with Gasteiger partial charge in [0.2, 0.25) is 0 Å². The van der Waals surface area contributed by atoms with Crippen molar-refractivity contribution in [2.45, 2.75) is 18.6 Å². The van der Waals surface area contributed by atoms with E-state index in [2.05, 4.69) is 5.32 Å². The highest BCUT2D eigenvalue weighted by molar-refractivity contribution is 4.79. The standard InChI is InChI=1S/C5H12N2O/c6-4-3-7-2-1-5(4)8/h4-5,7-8H,1-3,6H2/t4-,5+/m0/s1. The molecule has 1 fully saturated rings. The fraction of sp³-hybridized carbons (Fsp3) is 1.00. The molecule has 0 aliphatic carbocycles. The van der Waals surface area contributed by atoms with E-state index >= 15 is 0 Å². The minimum Gasteiger partial charge on any atom is -0.391 e. The van der Waals surface area contributed by atoms with Crippen LogP contribution in [-0.2, 0) is 0 Å². The van der Waals surface area contributed by atoms with Gasteiger partial charge in [0.25, 0.3) is 0 Å². The van der Waals surface area contributed by atoms with Gasteiger partial charge in [0.15, 0.2) is 0 Å². The summed E-state index contributed by atoms with van der Waals surface area (Å²) >= 11 is 0. The summed E-state index contributed by atoms with van der Waals surface area (Å²) in [5.41, 5.74) is 5.47. The van der Waals surface area contributed by atoms with Crippen molar-refractivity contribution in [1.29, 1.82) is 0 Å². The lowest BCUT2D eigenvalue weighted by Gasteiger charge is -2.24. The highest BCUT2D eigenvalue weighted by atomic mass is 16.3. The lowest BCUT2D eigenvalue weighted by Crippen LogP contribution is -2.49. The first-order valence-corrected chi connectivity index (χ1v) is 2.95. The third kappa shape index (κ3) is 1.18. The number of hydrogen-bond acceptors (Lipinski definition) is 3. The number of rotatable bonds is 0. The molecule has 3 nitrogen and oxygen atoms in total. The monoisotopic (exact) mass is 116 g/mol. The summed E-state index contributed by atoms with van der Waals surface area (Å²) in [5, 5.41) is 12.1. The fourth-order valence-electron chi connectivity index (χ4n) is 0.869. The van der Waals surface area contributed by atoms with Crippen LogP contribution in [0.1, 0.15) is 6.42 Å². The Morgan fingerprint density at radius 3 is 2.75 bits per heavy atom. The molecule has 4 N–H and O–H groups in total. The minimum absolute atomic E-state index is 0.0521. The van der Waals surface area contributed by atoms with Crippen molar-refractivity contribution >= 4 is 0 Å². The van der Waals surface area contributed by atoms with Crippen LogP contribution in [0.15, 0.2) is 0 Å². The van der Waals surface area contributed by atoms with Crippen molar-refractivity contribution < 1.29 is 5.11 Å². The van der Waals surface area contributed by atoms with E-state index in [-0.39, 0.29) is 12.1 Å². The van der Waals surface area contributed by atoms with Gasteiger partial charge in [-0.25, -0.2) is 0 Å². The summed E-state index contributed by atoms with van der Waals surface area (Å²) in [4.78, 5) is 0. The molecular formula is C5H12N2O. The summed E-state index contributed by atoms with van der Waals surface area (Å²) in [6, 6.07) is -0.0521. The molecule has 0 radical (unpaired) electrons. The lowest BCUT2D eigenvalue weighted by atomic mass is 10.1. The van der Waals surface area contributed by atoms with Gasteiger partial charge in [0.1, 0.15) is 0 Å². The molecule has 2 atom stereocenters. The first kappa shape index (κ1) is 6.01. The summed E-state index contributed by atoms with van der Waals surface area (Å²) < 4.78 is 0. The molecule has 0 spiro atoms. The quantitative estimate of drug-likeness (QED) is 0.367. The largest absolute Gasteiger partial charge is 0.391 e. The van der Waals surface area contributed by atoms with Crippen LogP contribution < -0.4 is 11.1 Å². The molecule has 0 aromatic rings. The highest BCUT2D eigenvalue weighted by Gasteiger charge is 2.17. The van der Waals surface area contributed by atoms with Crippen LogP contribution in [0.2, 0.25) is 0 Å². The zero-order valence-electron chi connectivity index (χ0n) is 4.80. The first-order valence-electron chi connectivity index (χ1n) is 2.95. The Morgan fingerprint density at radius 2 is 2.38 bits per heavy atom. The Balaban J connectivity index is 2.28. The average molecular weight is 116 g/mol. The van der Waals surface area contributed by atoms with Crippen LogP contribution in [0, 0.1) is 0 Å². The molecule has 3 heteroatoms. The lowest BCUT2D eigenvalue weighted by molar-refractivity contribution is 0.116. The van der Waals surface area contributed by atoms with Gasteiger partial charge in [-0.3, -0.25) is 0 Å². The zero-order chi connectivity index (χ0) is 5.98. The van der Waals surface area contributed by atoms with Gasteiger partial charge in [-0.15, -0.1) is 0 Å². The fourth-order valence-corrected chi connectivity index (χ4v) is 0.869. The molecule has 1 aliphatic rings. The van der Waals surface area contributed by atoms with E-state index in [1.807, 2.05) is 0 Å². The second-order valence-electron chi connectivity index (χ2n) is 2.22. The molecule has 1 aliphatic heterocycles. The molecule has 0 unspecified atom stereocenters. The van der Waals surface area contributed by atoms with Gasteiger partial charge >= 0.3 is 0 Å². The maximum absolute atomic E-state index is 9.01. The van der Waals surface area contributed by atoms with E-state index in [0.717, 1.165) is 19.5 Å². The Hall–Kier alpha value is -0.120. The van der Waals surface area contributed by atoms with Crippen molar-refractivity contribution in [2.75, 3.05) is 13.1 Å². The second-order valence-corrected chi connectivity index (χ2v) is 2.22. The molecule has 8 heavy (non-hydrogen) atoms. The number of piperidine rings is 1. The van der Waals surface area contributed by atoms with E-state index in [4.69, 9.17) is 10.8 Å². The summed E-state index contributed by atoms with van der Waals surface area (Å²) in [6.45, 7) is 1.65. The first-order chi connectivity index (χ1) is 3.80. The molecule has 1 saturated heterocycles. The third-order valence-electron chi connectivity index (χ3n) is 1.49. The van der Waals surface area contributed by atoms with Crippen molar-refractivity contribution in [3.05, 3.63) is 0 Å². The smallest absolute Gasteiger partial charge is 0.0715 e. The maximum Gasteiger partial charge on any atom is 0.0715 e. The molecule has 48 valence electrons. The Labute approximate surface area is 48.9 Å². The van der Waals surface area contributed by atoms with Crippen molar-refractivity contribution in [3.8, 4) is 0 Å². The van der Waals surface area contributed by atoms with Crippen molar-refractivity contribution in [1.82, 2.24) is 5.32 Å². The molecule has 0 amide bonds. The van der Waals surface area contributed by atoms with Crippen LogP contribution in [-0.4, -0.2) is 30.3 Å². The summed E-state index contributed by atoms with van der Waals surface area (Å²) in [5.74, 6) is 0. The van der Waals surface area contributed by atoms with Crippen LogP contribution >= 0.6 is 0 Å². The second kappa shape index (κ2) is 2.44. The van der Waals surface area contributed by atoms with E-state index in [9.17, 15) is 0 Å². The minimum atomic E-state index is -0.281. The molecule has 0 aromatic carbocycles. The molecule has 0 aromatic heterocycles. The molecule has 1 heterocycles. The van der Waals surface area contributed by atoms with E-state index in [1.165, 1.54) is 0 Å².